The minimum atomic E-state index is -0.288. The van der Waals surface area contributed by atoms with Crippen molar-refractivity contribution in [1.82, 2.24) is 19.7 Å². The fourth-order valence-corrected chi connectivity index (χ4v) is 3.43. The Balaban J connectivity index is 1.51. The lowest BCUT2D eigenvalue weighted by Crippen LogP contribution is -2.43. The smallest absolute Gasteiger partial charge is 0.260 e. The summed E-state index contributed by atoms with van der Waals surface area (Å²) in [4.78, 5) is 30.1. The zero-order valence-electron chi connectivity index (χ0n) is 16.2. The maximum Gasteiger partial charge on any atom is 0.260 e. The van der Waals surface area contributed by atoms with Gasteiger partial charge in [0, 0.05) is 13.1 Å². The SMILES string of the molecule is CCOc1cc([C@H]2CC(=O)Nc3ncnn32)ccc1OCC(=O)N1CCOCC1. The molecule has 1 atom stereocenters. The first-order valence-corrected chi connectivity index (χ1v) is 9.60. The van der Waals surface area contributed by atoms with Gasteiger partial charge in [-0.3, -0.25) is 14.9 Å². The molecule has 0 saturated carbocycles. The molecule has 4 rings (SSSR count). The minimum absolute atomic E-state index is 0.0710. The van der Waals surface area contributed by atoms with Crippen molar-refractivity contribution < 1.29 is 23.8 Å². The van der Waals surface area contributed by atoms with E-state index in [4.69, 9.17) is 14.2 Å². The highest BCUT2D eigenvalue weighted by Gasteiger charge is 2.28. The number of anilines is 1. The van der Waals surface area contributed by atoms with Crippen LogP contribution in [0.25, 0.3) is 0 Å². The highest BCUT2D eigenvalue weighted by atomic mass is 16.5. The molecular weight excluding hydrogens is 378 g/mol. The number of fused-ring (bicyclic) bond motifs is 1. The Morgan fingerprint density at radius 2 is 2.10 bits per heavy atom. The van der Waals surface area contributed by atoms with Gasteiger partial charge in [0.1, 0.15) is 6.33 Å². The van der Waals surface area contributed by atoms with Crippen LogP contribution in [0.5, 0.6) is 11.5 Å². The van der Waals surface area contributed by atoms with Crippen LogP contribution >= 0.6 is 0 Å². The summed E-state index contributed by atoms with van der Waals surface area (Å²) in [5.41, 5.74) is 0.849. The summed E-state index contributed by atoms with van der Waals surface area (Å²) in [7, 11) is 0. The number of ether oxygens (including phenoxy) is 3. The summed E-state index contributed by atoms with van der Waals surface area (Å²) < 4.78 is 18.4. The third-order valence-electron chi connectivity index (χ3n) is 4.87. The molecule has 2 aromatic rings. The molecule has 0 aliphatic carbocycles. The van der Waals surface area contributed by atoms with Crippen molar-refractivity contribution in [2.24, 2.45) is 0 Å². The molecule has 10 heteroatoms. The number of carbonyl (C=O) groups is 2. The summed E-state index contributed by atoms with van der Waals surface area (Å²) in [5, 5.41) is 6.91. The third-order valence-corrected chi connectivity index (χ3v) is 4.87. The van der Waals surface area contributed by atoms with Gasteiger partial charge in [-0.1, -0.05) is 6.07 Å². The van der Waals surface area contributed by atoms with Gasteiger partial charge in [0.25, 0.3) is 5.91 Å². The fraction of sp³-hybridized carbons (Fsp3) is 0.474. The van der Waals surface area contributed by atoms with Crippen LogP contribution in [-0.2, 0) is 14.3 Å². The number of carbonyl (C=O) groups excluding carboxylic acids is 2. The average molecular weight is 401 g/mol. The average Bonchev–Trinajstić information content (AvgIpc) is 3.21. The van der Waals surface area contributed by atoms with Gasteiger partial charge in [0.15, 0.2) is 18.1 Å². The molecule has 10 nitrogen and oxygen atoms in total. The van der Waals surface area contributed by atoms with Crippen molar-refractivity contribution in [3.63, 3.8) is 0 Å². The molecule has 2 aliphatic heterocycles. The van der Waals surface area contributed by atoms with E-state index in [-0.39, 0.29) is 30.9 Å². The van der Waals surface area contributed by atoms with E-state index in [9.17, 15) is 9.59 Å². The molecule has 1 fully saturated rings. The van der Waals surface area contributed by atoms with Gasteiger partial charge in [-0.15, -0.1) is 0 Å². The molecular formula is C19H23N5O5. The normalized spacial score (nSPS) is 18.7. The van der Waals surface area contributed by atoms with E-state index < -0.39 is 0 Å². The van der Waals surface area contributed by atoms with E-state index in [1.165, 1.54) is 6.33 Å². The Kier molecular flexibility index (Phi) is 5.61. The van der Waals surface area contributed by atoms with Crippen LogP contribution in [-0.4, -0.2) is 71.0 Å². The summed E-state index contributed by atoms with van der Waals surface area (Å²) in [6, 6.07) is 5.15. The topological polar surface area (TPSA) is 108 Å². The molecule has 1 saturated heterocycles. The molecule has 2 amide bonds. The lowest BCUT2D eigenvalue weighted by molar-refractivity contribution is -0.137. The molecule has 154 valence electrons. The Bertz CT molecular complexity index is 893. The van der Waals surface area contributed by atoms with Gasteiger partial charge in [-0.2, -0.15) is 10.1 Å². The second kappa shape index (κ2) is 8.48. The monoisotopic (exact) mass is 401 g/mol. The first kappa shape index (κ1) is 19.2. The van der Waals surface area contributed by atoms with Gasteiger partial charge in [0.05, 0.1) is 32.3 Å². The minimum Gasteiger partial charge on any atom is -0.490 e. The standard InChI is InChI=1S/C19H23N5O5/c1-2-28-16-9-13(14-10-17(25)22-19-20-12-21-24(14)19)3-4-15(16)29-11-18(26)23-5-7-27-8-6-23/h3-4,9,12,14H,2,5-8,10-11H2,1H3,(H,20,21,22,25)/t14-/m1/s1. The summed E-state index contributed by atoms with van der Waals surface area (Å²) in [6.07, 6.45) is 1.66. The van der Waals surface area contributed by atoms with Crippen molar-refractivity contribution in [3.8, 4) is 11.5 Å². The van der Waals surface area contributed by atoms with E-state index in [1.54, 1.807) is 15.6 Å². The van der Waals surface area contributed by atoms with E-state index in [0.717, 1.165) is 5.56 Å². The predicted octanol–water partition coefficient (Wildman–Crippen LogP) is 0.846. The van der Waals surface area contributed by atoms with Gasteiger partial charge in [-0.05, 0) is 24.6 Å². The Hall–Kier alpha value is -3.14. The predicted molar refractivity (Wildman–Crippen MR) is 102 cm³/mol. The number of hydrogen-bond acceptors (Lipinski definition) is 7. The Labute approximate surface area is 167 Å². The third kappa shape index (κ3) is 4.16. The Morgan fingerprint density at radius 3 is 2.90 bits per heavy atom. The second-order valence-electron chi connectivity index (χ2n) is 6.72. The number of nitrogens with one attached hydrogen (secondary N) is 1. The lowest BCUT2D eigenvalue weighted by Gasteiger charge is -2.27. The molecule has 1 aromatic heterocycles. The molecule has 3 heterocycles. The van der Waals surface area contributed by atoms with E-state index in [2.05, 4.69) is 15.4 Å². The number of hydrogen-bond donors (Lipinski definition) is 1. The van der Waals surface area contributed by atoms with Crippen LogP contribution < -0.4 is 14.8 Å². The lowest BCUT2D eigenvalue weighted by atomic mass is 10.0. The first-order valence-electron chi connectivity index (χ1n) is 9.60. The van der Waals surface area contributed by atoms with E-state index in [1.807, 2.05) is 19.1 Å². The van der Waals surface area contributed by atoms with Crippen molar-refractivity contribution >= 4 is 17.8 Å². The fourth-order valence-electron chi connectivity index (χ4n) is 3.43. The molecule has 1 aromatic carbocycles. The molecule has 0 bridgehead atoms. The second-order valence-corrected chi connectivity index (χ2v) is 6.72. The van der Waals surface area contributed by atoms with Crippen LogP contribution in [0, 0.1) is 0 Å². The van der Waals surface area contributed by atoms with Gasteiger partial charge < -0.3 is 19.1 Å². The highest BCUT2D eigenvalue weighted by molar-refractivity contribution is 5.91. The maximum absolute atomic E-state index is 12.3. The molecule has 0 radical (unpaired) electrons. The quantitative estimate of drug-likeness (QED) is 0.764. The number of amides is 2. The molecule has 0 unspecified atom stereocenters. The molecule has 29 heavy (non-hydrogen) atoms. The molecule has 0 spiro atoms. The number of rotatable bonds is 6. The summed E-state index contributed by atoms with van der Waals surface area (Å²) in [6.45, 7) is 4.48. The zero-order valence-corrected chi connectivity index (χ0v) is 16.2. The first-order chi connectivity index (χ1) is 14.2. The van der Waals surface area contributed by atoms with Crippen molar-refractivity contribution in [3.05, 3.63) is 30.1 Å². The Morgan fingerprint density at radius 1 is 1.28 bits per heavy atom. The molecule has 1 N–H and O–H groups in total. The van der Waals surface area contributed by atoms with E-state index >= 15 is 0 Å². The van der Waals surface area contributed by atoms with Crippen molar-refractivity contribution in [1.29, 1.82) is 0 Å². The largest absolute Gasteiger partial charge is 0.490 e. The molecule has 2 aliphatic rings. The van der Waals surface area contributed by atoms with Gasteiger partial charge >= 0.3 is 0 Å². The van der Waals surface area contributed by atoms with Crippen LogP contribution in [0.1, 0.15) is 24.9 Å². The zero-order chi connectivity index (χ0) is 20.2. The van der Waals surface area contributed by atoms with Gasteiger partial charge in [-0.25, -0.2) is 4.68 Å². The maximum atomic E-state index is 12.3. The van der Waals surface area contributed by atoms with E-state index in [0.29, 0.717) is 50.4 Å². The van der Waals surface area contributed by atoms with Crippen LogP contribution in [0.15, 0.2) is 24.5 Å². The van der Waals surface area contributed by atoms with Crippen molar-refractivity contribution in [2.75, 3.05) is 44.8 Å². The van der Waals surface area contributed by atoms with Crippen molar-refractivity contribution in [2.45, 2.75) is 19.4 Å². The van der Waals surface area contributed by atoms with Crippen LogP contribution in [0.2, 0.25) is 0 Å². The number of morpholine rings is 1. The number of benzene rings is 1. The summed E-state index contributed by atoms with van der Waals surface area (Å²) in [5.74, 6) is 1.21. The van der Waals surface area contributed by atoms with Gasteiger partial charge in [0.2, 0.25) is 11.9 Å². The van der Waals surface area contributed by atoms with Crippen LogP contribution in [0.4, 0.5) is 5.95 Å². The van der Waals surface area contributed by atoms with Crippen LogP contribution in [0.3, 0.4) is 0 Å². The summed E-state index contributed by atoms with van der Waals surface area (Å²) >= 11 is 0. The highest BCUT2D eigenvalue weighted by Crippen LogP contribution is 2.35. The number of aromatic nitrogens is 3. The number of nitrogens with zero attached hydrogens (tertiary/aromatic N) is 4.